The lowest BCUT2D eigenvalue weighted by Crippen LogP contribution is -2.47. The lowest BCUT2D eigenvalue weighted by molar-refractivity contribution is -0.146. The quantitative estimate of drug-likeness (QED) is 0.381. The zero-order valence-corrected chi connectivity index (χ0v) is 22.8. The first-order valence-corrected chi connectivity index (χ1v) is 13.6. The monoisotopic (exact) mass is 528 g/mol. The van der Waals surface area contributed by atoms with Gasteiger partial charge in [-0.3, -0.25) is 9.59 Å². The van der Waals surface area contributed by atoms with Gasteiger partial charge in [-0.05, 0) is 62.8 Å². The minimum atomic E-state index is -0.826. The third kappa shape index (κ3) is 5.63. The molecule has 2 N–H and O–H groups in total. The van der Waals surface area contributed by atoms with Crippen molar-refractivity contribution in [2.45, 2.75) is 58.9 Å². The molecule has 1 fully saturated rings. The summed E-state index contributed by atoms with van der Waals surface area (Å²) < 4.78 is 0. The van der Waals surface area contributed by atoms with Crippen molar-refractivity contribution < 1.29 is 14.7 Å². The van der Waals surface area contributed by atoms with Crippen LogP contribution in [0.4, 0.5) is 0 Å². The molecular weight excluding hydrogens is 496 g/mol. The number of nitrogens with one attached hydrogen (secondary N) is 1. The predicted molar refractivity (Wildman–Crippen MR) is 150 cm³/mol. The number of amides is 1. The molecule has 0 saturated heterocycles. The molecule has 0 bridgehead atoms. The Labute approximate surface area is 227 Å². The molecule has 4 rings (SSSR count). The van der Waals surface area contributed by atoms with Gasteiger partial charge in [-0.25, -0.2) is 4.98 Å². The molecule has 1 aromatic heterocycles. The molecule has 1 aliphatic carbocycles. The van der Waals surface area contributed by atoms with E-state index in [1.54, 1.807) is 34.6 Å². The van der Waals surface area contributed by atoms with Gasteiger partial charge in [-0.1, -0.05) is 44.2 Å². The summed E-state index contributed by atoms with van der Waals surface area (Å²) >= 11 is 1.65. The van der Waals surface area contributed by atoms with E-state index in [4.69, 9.17) is 5.11 Å². The van der Waals surface area contributed by atoms with Crippen molar-refractivity contribution in [3.05, 3.63) is 82.4 Å². The summed E-state index contributed by atoms with van der Waals surface area (Å²) in [6, 6.07) is 10.4. The second kappa shape index (κ2) is 11.6. The van der Waals surface area contributed by atoms with E-state index in [0.29, 0.717) is 36.2 Å². The Morgan fingerprint density at radius 2 is 2.03 bits per heavy atom. The summed E-state index contributed by atoms with van der Waals surface area (Å²) in [6.07, 6.45) is 8.54. The van der Waals surface area contributed by atoms with E-state index in [1.165, 1.54) is 0 Å². The van der Waals surface area contributed by atoms with E-state index in [-0.39, 0.29) is 11.9 Å². The van der Waals surface area contributed by atoms with Gasteiger partial charge in [0.1, 0.15) is 11.8 Å². The summed E-state index contributed by atoms with van der Waals surface area (Å²) in [5, 5.41) is 23.3. The number of aryl methyl sites for hydroxylation is 2. The average Bonchev–Trinajstić information content (AvgIpc) is 3.21. The van der Waals surface area contributed by atoms with Crippen molar-refractivity contribution in [1.82, 2.24) is 15.2 Å². The molecule has 1 aromatic carbocycles. The van der Waals surface area contributed by atoms with Gasteiger partial charge in [0.05, 0.1) is 21.5 Å². The molecule has 196 valence electrons. The van der Waals surface area contributed by atoms with Gasteiger partial charge in [0, 0.05) is 29.1 Å². The van der Waals surface area contributed by atoms with Crippen LogP contribution in [-0.2, 0) is 9.59 Å². The molecular formula is C30H32N4O3S. The number of unbranched alkanes of at least 4 members (excludes halogenated alkanes) is 1. The van der Waals surface area contributed by atoms with Crippen LogP contribution in [0.25, 0.3) is 16.0 Å². The van der Waals surface area contributed by atoms with Gasteiger partial charge >= 0.3 is 5.97 Å². The number of carbonyl (C=O) groups excluding carboxylic acids is 1. The molecule has 2 aromatic rings. The van der Waals surface area contributed by atoms with Crippen molar-refractivity contribution in [3.63, 3.8) is 0 Å². The zero-order chi connectivity index (χ0) is 27.4. The van der Waals surface area contributed by atoms with Crippen LogP contribution < -0.4 is 5.32 Å². The number of nitrogens with zero attached hydrogens (tertiary/aromatic N) is 3. The number of carbonyl (C=O) groups is 2. The third-order valence-corrected chi connectivity index (χ3v) is 8.04. The second-order valence-electron chi connectivity index (χ2n) is 9.69. The van der Waals surface area contributed by atoms with Crippen molar-refractivity contribution in [2.24, 2.45) is 5.92 Å². The Bertz CT molecular complexity index is 1400. The number of aliphatic carboxylic acids is 1. The van der Waals surface area contributed by atoms with Gasteiger partial charge in [-0.2, -0.15) is 5.26 Å². The molecule has 7 nitrogen and oxygen atoms in total. The normalized spacial score (nSPS) is 19.3. The molecule has 1 saturated carbocycles. The van der Waals surface area contributed by atoms with Crippen molar-refractivity contribution >= 4 is 28.8 Å². The number of allylic oxidation sites excluding steroid dienone is 3. The highest BCUT2D eigenvalue weighted by molar-refractivity contribution is 7.15. The van der Waals surface area contributed by atoms with E-state index < -0.39 is 11.9 Å². The Balaban J connectivity index is 1.65. The number of benzene rings is 1. The van der Waals surface area contributed by atoms with Crippen molar-refractivity contribution in [2.75, 3.05) is 0 Å². The maximum atomic E-state index is 12.8. The molecule has 0 unspecified atom stereocenters. The Kier molecular flexibility index (Phi) is 8.28. The van der Waals surface area contributed by atoms with E-state index >= 15 is 0 Å². The standard InChI is InChI=1S/C30H32N4O3S/c1-5-6-9-25(24-10-7-8-11-26(24)28-19(3)32-20(4)38-28)27(17-31)34-13-12-21(14-18(34)2)29(35)33-23-15-22(16-23)30(36)37/h7-8,10-14,22-23H,2,5-6,9,15-16H2,1,3-4H3,(H,33,35)(H,36,37)/b27-25+. The summed E-state index contributed by atoms with van der Waals surface area (Å²) in [4.78, 5) is 31.3. The smallest absolute Gasteiger partial charge is 0.306 e. The van der Waals surface area contributed by atoms with Gasteiger partial charge in [-0.15, -0.1) is 11.3 Å². The second-order valence-corrected chi connectivity index (χ2v) is 10.9. The number of thiazole rings is 1. The number of hydrogen-bond acceptors (Lipinski definition) is 6. The minimum Gasteiger partial charge on any atom is -0.481 e. The van der Waals surface area contributed by atoms with Crippen molar-refractivity contribution in [3.8, 4) is 16.5 Å². The minimum absolute atomic E-state index is 0.144. The summed E-state index contributed by atoms with van der Waals surface area (Å²) in [5.41, 5.74) is 5.36. The van der Waals surface area contributed by atoms with Gasteiger partial charge in [0.2, 0.25) is 0 Å². The first-order chi connectivity index (χ1) is 18.2. The molecule has 2 heterocycles. The van der Waals surface area contributed by atoms with Crippen LogP contribution in [0, 0.1) is 31.1 Å². The maximum Gasteiger partial charge on any atom is 0.306 e. The fraction of sp³-hybridized carbons (Fsp3) is 0.333. The summed E-state index contributed by atoms with van der Waals surface area (Å²) in [5.74, 6) is -1.49. The highest BCUT2D eigenvalue weighted by Crippen LogP contribution is 2.39. The van der Waals surface area contributed by atoms with Crippen LogP contribution in [0.3, 0.4) is 0 Å². The number of nitriles is 1. The SMILES string of the molecule is C=C1C=C(C(=O)NC2CC(C(=O)O)C2)C=CN1/C(C#N)=C(\CCCC)c1ccccc1-c1sc(C)nc1C. The first-order valence-electron chi connectivity index (χ1n) is 12.8. The highest BCUT2D eigenvalue weighted by atomic mass is 32.1. The average molecular weight is 529 g/mol. The summed E-state index contributed by atoms with van der Waals surface area (Å²) in [6.45, 7) is 10.3. The Morgan fingerprint density at radius 1 is 1.29 bits per heavy atom. The molecule has 8 heteroatoms. The van der Waals surface area contributed by atoms with Crippen LogP contribution in [0.5, 0.6) is 0 Å². The molecule has 38 heavy (non-hydrogen) atoms. The van der Waals surface area contributed by atoms with E-state index in [0.717, 1.165) is 45.1 Å². The Morgan fingerprint density at radius 3 is 2.63 bits per heavy atom. The summed E-state index contributed by atoms with van der Waals surface area (Å²) in [7, 11) is 0. The lowest BCUT2D eigenvalue weighted by atomic mass is 9.80. The van der Waals surface area contributed by atoms with E-state index in [2.05, 4.69) is 42.0 Å². The molecule has 0 spiro atoms. The maximum absolute atomic E-state index is 12.8. The molecule has 0 atom stereocenters. The number of carboxylic acid groups (broad SMARTS) is 1. The number of carboxylic acids is 1. The van der Waals surface area contributed by atoms with Crippen LogP contribution in [-0.4, -0.2) is 32.9 Å². The van der Waals surface area contributed by atoms with Gasteiger partial charge in [0.15, 0.2) is 0 Å². The Hall–Kier alpha value is -3.96. The fourth-order valence-electron chi connectivity index (χ4n) is 4.84. The van der Waals surface area contributed by atoms with Crippen LogP contribution in [0.2, 0.25) is 0 Å². The van der Waals surface area contributed by atoms with Gasteiger partial charge < -0.3 is 15.3 Å². The van der Waals surface area contributed by atoms with Crippen molar-refractivity contribution in [1.29, 1.82) is 5.26 Å². The number of hydrogen-bond donors (Lipinski definition) is 2. The fourth-order valence-corrected chi connectivity index (χ4v) is 5.80. The van der Waals surface area contributed by atoms with Crippen LogP contribution in [0.1, 0.15) is 55.3 Å². The number of rotatable bonds is 9. The van der Waals surface area contributed by atoms with Crippen LogP contribution >= 0.6 is 11.3 Å². The van der Waals surface area contributed by atoms with E-state index in [1.807, 2.05) is 26.0 Å². The largest absolute Gasteiger partial charge is 0.481 e. The lowest BCUT2D eigenvalue weighted by Gasteiger charge is -2.33. The molecule has 0 radical (unpaired) electrons. The molecule has 1 aliphatic heterocycles. The first kappa shape index (κ1) is 27.1. The predicted octanol–water partition coefficient (Wildman–Crippen LogP) is 6.10. The highest BCUT2D eigenvalue weighted by Gasteiger charge is 2.35. The third-order valence-electron chi connectivity index (χ3n) is 6.93. The molecule has 1 amide bonds. The van der Waals surface area contributed by atoms with E-state index in [9.17, 15) is 14.9 Å². The number of aromatic nitrogens is 1. The molecule has 2 aliphatic rings. The van der Waals surface area contributed by atoms with Crippen LogP contribution in [0.15, 0.2) is 66.2 Å². The topological polar surface area (TPSA) is 106 Å². The van der Waals surface area contributed by atoms with Gasteiger partial charge in [0.25, 0.3) is 5.91 Å². The zero-order valence-electron chi connectivity index (χ0n) is 22.0.